The second-order valence-electron chi connectivity index (χ2n) is 3.98. The highest BCUT2D eigenvalue weighted by Crippen LogP contribution is 2.34. The molecule has 0 bridgehead atoms. The lowest BCUT2D eigenvalue weighted by Gasteiger charge is -2.36. The lowest BCUT2D eigenvalue weighted by molar-refractivity contribution is -0.0370. The largest absolute Gasteiger partial charge is 0.390 e. The molecule has 1 fully saturated rings. The Bertz CT molecular complexity index is 324. The van der Waals surface area contributed by atoms with Crippen LogP contribution in [0, 0.1) is 0 Å². The maximum atomic E-state index is 9.84. The summed E-state index contributed by atoms with van der Waals surface area (Å²) in [5, 5.41) is 12.9. The first-order valence-electron chi connectivity index (χ1n) is 5.12. The fourth-order valence-electron chi connectivity index (χ4n) is 1.65. The second kappa shape index (κ2) is 4.45. The topological polar surface area (TPSA) is 58.0 Å². The van der Waals surface area contributed by atoms with Gasteiger partial charge in [0, 0.05) is 18.9 Å². The Balaban J connectivity index is 1.76. The van der Waals surface area contributed by atoms with Crippen LogP contribution >= 0.6 is 15.9 Å². The summed E-state index contributed by atoms with van der Waals surface area (Å²) in [6.07, 6.45) is 7.17. The van der Waals surface area contributed by atoms with Gasteiger partial charge in [0.15, 0.2) is 0 Å². The number of nitrogens with zero attached hydrogens (tertiary/aromatic N) is 2. The molecular formula is C10H14BrN3O. The Labute approximate surface area is 97.3 Å². The SMILES string of the molecule is OC1(CCNc2ncc(Br)cn2)CCC1. The zero-order chi connectivity index (χ0) is 10.7. The van der Waals surface area contributed by atoms with Crippen LogP contribution in [-0.4, -0.2) is 27.2 Å². The molecule has 1 aliphatic carbocycles. The van der Waals surface area contributed by atoms with Crippen molar-refractivity contribution in [2.24, 2.45) is 0 Å². The molecule has 5 heteroatoms. The maximum absolute atomic E-state index is 9.84. The van der Waals surface area contributed by atoms with Crippen molar-refractivity contribution in [2.45, 2.75) is 31.3 Å². The molecule has 1 saturated carbocycles. The van der Waals surface area contributed by atoms with Crippen LogP contribution in [0.3, 0.4) is 0 Å². The van der Waals surface area contributed by atoms with Crippen molar-refractivity contribution >= 4 is 21.9 Å². The molecule has 82 valence electrons. The number of nitrogens with one attached hydrogen (secondary N) is 1. The van der Waals surface area contributed by atoms with Gasteiger partial charge in [-0.25, -0.2) is 9.97 Å². The van der Waals surface area contributed by atoms with Gasteiger partial charge in [0.2, 0.25) is 5.95 Å². The predicted octanol–water partition coefficient (Wildman–Crippen LogP) is 1.96. The number of halogens is 1. The van der Waals surface area contributed by atoms with Crippen molar-refractivity contribution in [3.8, 4) is 0 Å². The number of anilines is 1. The van der Waals surface area contributed by atoms with E-state index in [0.29, 0.717) is 5.95 Å². The van der Waals surface area contributed by atoms with E-state index < -0.39 is 5.60 Å². The highest BCUT2D eigenvalue weighted by molar-refractivity contribution is 9.10. The van der Waals surface area contributed by atoms with Crippen molar-refractivity contribution in [1.29, 1.82) is 0 Å². The number of hydrogen-bond donors (Lipinski definition) is 2. The molecule has 2 N–H and O–H groups in total. The Morgan fingerprint density at radius 3 is 2.60 bits per heavy atom. The summed E-state index contributed by atoms with van der Waals surface area (Å²) in [4.78, 5) is 8.18. The summed E-state index contributed by atoms with van der Waals surface area (Å²) in [7, 11) is 0. The fourth-order valence-corrected chi connectivity index (χ4v) is 1.85. The van der Waals surface area contributed by atoms with Crippen molar-refractivity contribution in [1.82, 2.24) is 9.97 Å². The molecule has 2 rings (SSSR count). The van der Waals surface area contributed by atoms with Crippen LogP contribution in [0.2, 0.25) is 0 Å². The molecule has 1 aromatic heterocycles. The van der Waals surface area contributed by atoms with Crippen LogP contribution in [-0.2, 0) is 0 Å². The zero-order valence-electron chi connectivity index (χ0n) is 8.41. The van der Waals surface area contributed by atoms with Gasteiger partial charge in [-0.2, -0.15) is 0 Å². The Hall–Kier alpha value is -0.680. The van der Waals surface area contributed by atoms with E-state index in [1.54, 1.807) is 12.4 Å². The van der Waals surface area contributed by atoms with E-state index in [4.69, 9.17) is 0 Å². The first-order chi connectivity index (χ1) is 7.18. The standard InChI is InChI=1S/C10H14BrN3O/c11-8-6-13-9(14-7-8)12-5-4-10(15)2-1-3-10/h6-7,15H,1-5H2,(H,12,13,14). The molecule has 4 nitrogen and oxygen atoms in total. The molecule has 1 aromatic rings. The number of aliphatic hydroxyl groups is 1. The van der Waals surface area contributed by atoms with E-state index >= 15 is 0 Å². The van der Waals surface area contributed by atoms with E-state index in [-0.39, 0.29) is 0 Å². The van der Waals surface area contributed by atoms with Crippen LogP contribution in [0.4, 0.5) is 5.95 Å². The predicted molar refractivity (Wildman–Crippen MR) is 61.6 cm³/mol. The zero-order valence-corrected chi connectivity index (χ0v) is 10.00. The highest BCUT2D eigenvalue weighted by atomic mass is 79.9. The van der Waals surface area contributed by atoms with Crippen LogP contribution in [0.5, 0.6) is 0 Å². The molecule has 0 amide bonds. The van der Waals surface area contributed by atoms with E-state index in [2.05, 4.69) is 31.2 Å². The maximum Gasteiger partial charge on any atom is 0.222 e. The van der Waals surface area contributed by atoms with Crippen molar-refractivity contribution in [3.05, 3.63) is 16.9 Å². The van der Waals surface area contributed by atoms with Gasteiger partial charge in [-0.3, -0.25) is 0 Å². The molecule has 0 spiro atoms. The minimum Gasteiger partial charge on any atom is -0.390 e. The quantitative estimate of drug-likeness (QED) is 0.879. The first kappa shape index (κ1) is 10.8. The summed E-state index contributed by atoms with van der Waals surface area (Å²) in [5.74, 6) is 0.612. The minimum absolute atomic E-state index is 0.428. The summed E-state index contributed by atoms with van der Waals surface area (Å²) >= 11 is 3.27. The monoisotopic (exact) mass is 271 g/mol. The van der Waals surface area contributed by atoms with Crippen LogP contribution in [0.1, 0.15) is 25.7 Å². The second-order valence-corrected chi connectivity index (χ2v) is 4.90. The van der Waals surface area contributed by atoms with E-state index in [9.17, 15) is 5.11 Å². The van der Waals surface area contributed by atoms with Crippen molar-refractivity contribution in [2.75, 3.05) is 11.9 Å². The Morgan fingerprint density at radius 2 is 2.07 bits per heavy atom. The summed E-state index contributed by atoms with van der Waals surface area (Å²) in [6.45, 7) is 0.720. The van der Waals surface area contributed by atoms with Gasteiger partial charge in [0.1, 0.15) is 0 Å². The molecular weight excluding hydrogens is 258 g/mol. The van der Waals surface area contributed by atoms with E-state index in [0.717, 1.165) is 36.7 Å². The van der Waals surface area contributed by atoms with Crippen LogP contribution < -0.4 is 5.32 Å². The molecule has 1 aliphatic rings. The molecule has 0 atom stereocenters. The van der Waals surface area contributed by atoms with Crippen LogP contribution in [0.15, 0.2) is 16.9 Å². The number of hydrogen-bond acceptors (Lipinski definition) is 4. The molecule has 0 aliphatic heterocycles. The third kappa shape index (κ3) is 2.89. The third-order valence-electron chi connectivity index (χ3n) is 2.78. The lowest BCUT2D eigenvalue weighted by atomic mass is 9.78. The van der Waals surface area contributed by atoms with Gasteiger partial charge in [-0.1, -0.05) is 0 Å². The molecule has 0 saturated heterocycles. The molecule has 1 heterocycles. The van der Waals surface area contributed by atoms with Crippen molar-refractivity contribution in [3.63, 3.8) is 0 Å². The summed E-state index contributed by atoms with van der Waals surface area (Å²) in [6, 6.07) is 0. The number of aromatic nitrogens is 2. The van der Waals surface area contributed by atoms with Gasteiger partial charge in [-0.05, 0) is 41.6 Å². The normalized spacial score (nSPS) is 18.3. The van der Waals surface area contributed by atoms with Gasteiger partial charge in [0.05, 0.1) is 10.1 Å². The van der Waals surface area contributed by atoms with Gasteiger partial charge in [0.25, 0.3) is 0 Å². The van der Waals surface area contributed by atoms with Gasteiger partial charge < -0.3 is 10.4 Å². The van der Waals surface area contributed by atoms with Gasteiger partial charge in [-0.15, -0.1) is 0 Å². The molecule has 15 heavy (non-hydrogen) atoms. The Morgan fingerprint density at radius 1 is 1.40 bits per heavy atom. The Kier molecular flexibility index (Phi) is 3.21. The number of rotatable bonds is 4. The van der Waals surface area contributed by atoms with E-state index in [1.165, 1.54) is 0 Å². The third-order valence-corrected chi connectivity index (χ3v) is 3.19. The molecule has 0 aromatic carbocycles. The van der Waals surface area contributed by atoms with Crippen LogP contribution in [0.25, 0.3) is 0 Å². The summed E-state index contributed by atoms with van der Waals surface area (Å²) < 4.78 is 0.866. The smallest absolute Gasteiger partial charge is 0.222 e. The summed E-state index contributed by atoms with van der Waals surface area (Å²) in [5.41, 5.74) is -0.428. The average Bonchev–Trinajstić information content (AvgIpc) is 2.19. The fraction of sp³-hybridized carbons (Fsp3) is 0.600. The highest BCUT2D eigenvalue weighted by Gasteiger charge is 2.33. The van der Waals surface area contributed by atoms with E-state index in [1.807, 2.05) is 0 Å². The van der Waals surface area contributed by atoms with Gasteiger partial charge >= 0.3 is 0 Å². The van der Waals surface area contributed by atoms with Crippen molar-refractivity contribution < 1.29 is 5.11 Å². The lowest BCUT2D eigenvalue weighted by Crippen LogP contribution is -2.38. The molecule has 0 radical (unpaired) electrons. The first-order valence-corrected chi connectivity index (χ1v) is 5.91. The molecule has 0 unspecified atom stereocenters. The average molecular weight is 272 g/mol. The minimum atomic E-state index is -0.428.